The van der Waals surface area contributed by atoms with E-state index in [0.717, 1.165) is 18.9 Å². The van der Waals surface area contributed by atoms with E-state index >= 15 is 0 Å². The van der Waals surface area contributed by atoms with Gasteiger partial charge in [-0.25, -0.2) is 9.97 Å². The molecule has 3 heterocycles. The van der Waals surface area contributed by atoms with E-state index in [9.17, 15) is 13.2 Å². The average Bonchev–Trinajstić information content (AvgIpc) is 3.17. The van der Waals surface area contributed by atoms with Crippen molar-refractivity contribution < 1.29 is 22.3 Å². The van der Waals surface area contributed by atoms with Gasteiger partial charge in [0.25, 0.3) is 0 Å². The first kappa shape index (κ1) is 14.8. The van der Waals surface area contributed by atoms with Gasteiger partial charge >= 0.3 is 6.18 Å². The largest absolute Gasteiger partial charge is 0.463 e. The molecule has 0 unspecified atom stereocenters. The van der Waals surface area contributed by atoms with Crippen molar-refractivity contribution in [1.29, 1.82) is 0 Å². The maximum Gasteiger partial charge on any atom is 0.433 e. The SMILES string of the molecule is FC(F)(F)c1cc(-c2ccco2)nc(NC[C@@H]2CCCO2)n1. The van der Waals surface area contributed by atoms with Gasteiger partial charge in [0.1, 0.15) is 5.69 Å². The standard InChI is InChI=1S/C14H14F3N3O2/c15-14(16,17)12-7-10(11-4-2-6-22-11)19-13(20-12)18-8-9-3-1-5-21-9/h2,4,6-7,9H,1,3,5,8H2,(H,18,19,20)/t9-/m0/s1. The zero-order valence-corrected chi connectivity index (χ0v) is 11.6. The number of halogens is 3. The molecule has 1 saturated heterocycles. The van der Waals surface area contributed by atoms with E-state index in [4.69, 9.17) is 9.15 Å². The number of nitrogens with one attached hydrogen (secondary N) is 1. The fraction of sp³-hybridized carbons (Fsp3) is 0.429. The molecule has 0 radical (unpaired) electrons. The molecule has 5 nitrogen and oxygen atoms in total. The van der Waals surface area contributed by atoms with Gasteiger partial charge < -0.3 is 14.5 Å². The first-order valence-corrected chi connectivity index (χ1v) is 6.88. The second-order valence-corrected chi connectivity index (χ2v) is 4.95. The summed E-state index contributed by atoms with van der Waals surface area (Å²) in [5.41, 5.74) is -0.925. The van der Waals surface area contributed by atoms with Crippen LogP contribution in [0, 0.1) is 0 Å². The van der Waals surface area contributed by atoms with E-state index < -0.39 is 11.9 Å². The van der Waals surface area contributed by atoms with Gasteiger partial charge in [0.05, 0.1) is 12.4 Å². The highest BCUT2D eigenvalue weighted by atomic mass is 19.4. The smallest absolute Gasteiger partial charge is 0.433 e. The quantitative estimate of drug-likeness (QED) is 0.938. The summed E-state index contributed by atoms with van der Waals surface area (Å²) < 4.78 is 49.4. The van der Waals surface area contributed by atoms with E-state index in [-0.39, 0.29) is 23.5 Å². The molecule has 2 aromatic rings. The molecule has 0 amide bonds. The monoisotopic (exact) mass is 313 g/mol. The Morgan fingerprint density at radius 2 is 2.18 bits per heavy atom. The molecule has 1 aliphatic rings. The summed E-state index contributed by atoms with van der Waals surface area (Å²) in [5.74, 6) is 0.171. The van der Waals surface area contributed by atoms with Gasteiger partial charge in [-0.1, -0.05) is 0 Å². The summed E-state index contributed by atoms with van der Waals surface area (Å²) in [4.78, 5) is 7.61. The van der Waals surface area contributed by atoms with Crippen LogP contribution in [0.1, 0.15) is 18.5 Å². The summed E-state index contributed by atoms with van der Waals surface area (Å²) in [5, 5.41) is 2.81. The summed E-state index contributed by atoms with van der Waals surface area (Å²) in [7, 11) is 0. The number of anilines is 1. The first-order valence-electron chi connectivity index (χ1n) is 6.88. The van der Waals surface area contributed by atoms with Crippen molar-refractivity contribution in [2.75, 3.05) is 18.5 Å². The number of rotatable bonds is 4. The fourth-order valence-electron chi connectivity index (χ4n) is 2.23. The number of aromatic nitrogens is 2. The fourth-order valence-corrected chi connectivity index (χ4v) is 2.23. The molecule has 118 valence electrons. The van der Waals surface area contributed by atoms with E-state index in [2.05, 4.69) is 15.3 Å². The highest BCUT2D eigenvalue weighted by molar-refractivity contribution is 5.54. The van der Waals surface area contributed by atoms with Gasteiger partial charge in [-0.2, -0.15) is 13.2 Å². The lowest BCUT2D eigenvalue weighted by atomic mass is 10.2. The van der Waals surface area contributed by atoms with Crippen molar-refractivity contribution in [3.63, 3.8) is 0 Å². The molecule has 22 heavy (non-hydrogen) atoms. The number of alkyl halides is 3. The Morgan fingerprint density at radius 1 is 1.32 bits per heavy atom. The van der Waals surface area contributed by atoms with Crippen LogP contribution in [-0.4, -0.2) is 29.2 Å². The van der Waals surface area contributed by atoms with Crippen LogP contribution >= 0.6 is 0 Å². The molecule has 0 saturated carbocycles. The molecule has 1 atom stereocenters. The van der Waals surface area contributed by atoms with Crippen LogP contribution in [0.5, 0.6) is 0 Å². The second-order valence-electron chi connectivity index (χ2n) is 4.95. The Kier molecular flexibility index (Phi) is 4.02. The predicted octanol–water partition coefficient (Wildman–Crippen LogP) is 3.35. The molecular weight excluding hydrogens is 299 g/mol. The third-order valence-electron chi connectivity index (χ3n) is 3.30. The van der Waals surface area contributed by atoms with Crippen LogP contribution in [0.25, 0.3) is 11.5 Å². The van der Waals surface area contributed by atoms with Gasteiger partial charge in [0.15, 0.2) is 11.5 Å². The number of ether oxygens (including phenoxy) is 1. The van der Waals surface area contributed by atoms with Gasteiger partial charge in [0, 0.05) is 13.2 Å². The Labute approximate surface area is 124 Å². The van der Waals surface area contributed by atoms with Crippen molar-refractivity contribution in [3.8, 4) is 11.5 Å². The minimum absolute atomic E-state index is 0.0230. The first-order chi connectivity index (χ1) is 10.5. The van der Waals surface area contributed by atoms with E-state index in [1.165, 1.54) is 6.26 Å². The van der Waals surface area contributed by atoms with Gasteiger partial charge in [-0.15, -0.1) is 0 Å². The summed E-state index contributed by atoms with van der Waals surface area (Å²) in [6.45, 7) is 1.05. The van der Waals surface area contributed by atoms with Crippen molar-refractivity contribution in [1.82, 2.24) is 9.97 Å². The lowest BCUT2D eigenvalue weighted by molar-refractivity contribution is -0.141. The maximum atomic E-state index is 13.0. The van der Waals surface area contributed by atoms with E-state index in [1.54, 1.807) is 12.1 Å². The summed E-state index contributed by atoms with van der Waals surface area (Å²) in [6, 6.07) is 4.01. The van der Waals surface area contributed by atoms with Crippen molar-refractivity contribution in [2.45, 2.75) is 25.1 Å². The average molecular weight is 313 g/mol. The van der Waals surface area contributed by atoms with E-state index in [1.807, 2.05) is 0 Å². The lowest BCUT2D eigenvalue weighted by Gasteiger charge is -2.13. The molecule has 0 bridgehead atoms. The Balaban J connectivity index is 1.86. The van der Waals surface area contributed by atoms with Crippen molar-refractivity contribution in [3.05, 3.63) is 30.2 Å². The van der Waals surface area contributed by atoms with Gasteiger partial charge in [0.2, 0.25) is 5.95 Å². The minimum atomic E-state index is -4.55. The van der Waals surface area contributed by atoms with Crippen LogP contribution in [0.2, 0.25) is 0 Å². The third kappa shape index (κ3) is 3.38. The lowest BCUT2D eigenvalue weighted by Crippen LogP contribution is -2.21. The van der Waals surface area contributed by atoms with Gasteiger partial charge in [-0.3, -0.25) is 0 Å². The highest BCUT2D eigenvalue weighted by Crippen LogP contribution is 2.31. The van der Waals surface area contributed by atoms with Crippen LogP contribution in [0.4, 0.5) is 19.1 Å². The summed E-state index contributed by atoms with van der Waals surface area (Å²) >= 11 is 0. The Bertz CT molecular complexity index is 623. The molecule has 3 rings (SSSR count). The van der Waals surface area contributed by atoms with Crippen LogP contribution in [0.3, 0.4) is 0 Å². The zero-order chi connectivity index (χ0) is 15.6. The normalized spacial score (nSPS) is 18.6. The molecule has 8 heteroatoms. The topological polar surface area (TPSA) is 60.2 Å². The zero-order valence-electron chi connectivity index (χ0n) is 11.6. The molecule has 1 N–H and O–H groups in total. The molecular formula is C14H14F3N3O2. The van der Waals surface area contributed by atoms with Crippen LogP contribution < -0.4 is 5.32 Å². The number of hydrogen-bond acceptors (Lipinski definition) is 5. The molecule has 0 aliphatic carbocycles. The minimum Gasteiger partial charge on any atom is -0.463 e. The highest BCUT2D eigenvalue weighted by Gasteiger charge is 2.34. The maximum absolute atomic E-state index is 13.0. The molecule has 0 spiro atoms. The number of nitrogens with zero attached hydrogens (tertiary/aromatic N) is 2. The molecule has 1 aliphatic heterocycles. The third-order valence-corrected chi connectivity index (χ3v) is 3.30. The number of furan rings is 1. The van der Waals surface area contributed by atoms with Crippen LogP contribution in [-0.2, 0) is 10.9 Å². The molecule has 1 fully saturated rings. The van der Waals surface area contributed by atoms with Gasteiger partial charge in [-0.05, 0) is 31.0 Å². The summed E-state index contributed by atoms with van der Waals surface area (Å²) in [6.07, 6.45) is -1.37. The Morgan fingerprint density at radius 3 is 2.82 bits per heavy atom. The van der Waals surface area contributed by atoms with E-state index in [0.29, 0.717) is 13.2 Å². The second kappa shape index (κ2) is 5.96. The molecule has 0 aromatic carbocycles. The molecule has 2 aromatic heterocycles. The van der Waals surface area contributed by atoms with Crippen molar-refractivity contribution >= 4 is 5.95 Å². The van der Waals surface area contributed by atoms with Crippen LogP contribution in [0.15, 0.2) is 28.9 Å². The number of hydrogen-bond donors (Lipinski definition) is 1. The Hall–Kier alpha value is -2.09. The van der Waals surface area contributed by atoms with Crippen molar-refractivity contribution in [2.24, 2.45) is 0 Å². The predicted molar refractivity (Wildman–Crippen MR) is 72.2 cm³/mol.